The summed E-state index contributed by atoms with van der Waals surface area (Å²) in [6.07, 6.45) is 6.37. The van der Waals surface area contributed by atoms with Gasteiger partial charge in [-0.25, -0.2) is 0 Å². The van der Waals surface area contributed by atoms with Crippen LogP contribution in [0.4, 0.5) is 0 Å². The number of carbonyl (C=O) groups is 2. The van der Waals surface area contributed by atoms with E-state index in [4.69, 9.17) is 0 Å². The number of ketones is 1. The van der Waals surface area contributed by atoms with Gasteiger partial charge in [0.2, 0.25) is 0 Å². The number of carboxylic acids is 1. The van der Waals surface area contributed by atoms with E-state index >= 15 is 0 Å². The Morgan fingerprint density at radius 1 is 0.950 bits per heavy atom. The lowest BCUT2D eigenvalue weighted by Crippen LogP contribution is -2.42. The zero-order valence-electron chi connectivity index (χ0n) is 13.4. The van der Waals surface area contributed by atoms with E-state index in [0.29, 0.717) is 25.0 Å². The lowest BCUT2D eigenvalue weighted by atomic mass is 10.0. The topological polar surface area (TPSA) is 57.6 Å². The first-order valence-electron chi connectivity index (χ1n) is 8.05. The van der Waals surface area contributed by atoms with Gasteiger partial charge < -0.3 is 5.11 Å². The van der Waals surface area contributed by atoms with E-state index in [1.165, 1.54) is 0 Å². The van der Waals surface area contributed by atoms with Crippen molar-refractivity contribution >= 4 is 11.8 Å². The van der Waals surface area contributed by atoms with Crippen molar-refractivity contribution in [1.29, 1.82) is 0 Å². The molecule has 0 aromatic carbocycles. The zero-order valence-corrected chi connectivity index (χ0v) is 13.4. The summed E-state index contributed by atoms with van der Waals surface area (Å²) in [6.45, 7) is 7.82. The first kappa shape index (κ1) is 19.1. The summed E-state index contributed by atoms with van der Waals surface area (Å²) in [6, 6.07) is -0.392. The fourth-order valence-corrected chi connectivity index (χ4v) is 2.52. The summed E-state index contributed by atoms with van der Waals surface area (Å²) in [5.41, 5.74) is 0. The van der Waals surface area contributed by atoms with Crippen molar-refractivity contribution in [3.8, 4) is 0 Å². The maximum Gasteiger partial charge on any atom is 0.320 e. The second-order valence-corrected chi connectivity index (χ2v) is 5.42. The molecule has 0 saturated carbocycles. The van der Waals surface area contributed by atoms with E-state index in [1.807, 2.05) is 6.92 Å². The molecule has 0 bridgehead atoms. The van der Waals surface area contributed by atoms with Gasteiger partial charge in [-0.05, 0) is 45.2 Å². The van der Waals surface area contributed by atoms with E-state index in [9.17, 15) is 14.7 Å². The van der Waals surface area contributed by atoms with Gasteiger partial charge in [0, 0.05) is 12.8 Å². The summed E-state index contributed by atoms with van der Waals surface area (Å²) in [5, 5.41) is 9.38. The SMILES string of the molecule is CCCC(=O)CCCC[C@H](C(=O)O)N(CCC)CCC. The van der Waals surface area contributed by atoms with Crippen molar-refractivity contribution in [1.82, 2.24) is 4.90 Å². The van der Waals surface area contributed by atoms with E-state index < -0.39 is 12.0 Å². The first-order valence-corrected chi connectivity index (χ1v) is 8.05. The molecule has 0 saturated heterocycles. The molecule has 0 amide bonds. The number of aliphatic carboxylic acids is 1. The lowest BCUT2D eigenvalue weighted by Gasteiger charge is -2.28. The number of nitrogens with zero attached hydrogens (tertiary/aromatic N) is 1. The van der Waals surface area contributed by atoms with Gasteiger partial charge in [-0.2, -0.15) is 0 Å². The van der Waals surface area contributed by atoms with E-state index in [1.54, 1.807) is 0 Å². The van der Waals surface area contributed by atoms with Crippen LogP contribution in [-0.4, -0.2) is 40.9 Å². The molecule has 4 heteroatoms. The third kappa shape index (κ3) is 8.31. The number of carboxylic acid groups (broad SMARTS) is 1. The Hall–Kier alpha value is -0.900. The van der Waals surface area contributed by atoms with Crippen LogP contribution in [-0.2, 0) is 9.59 Å². The van der Waals surface area contributed by atoms with E-state index in [-0.39, 0.29) is 0 Å². The fraction of sp³-hybridized carbons (Fsp3) is 0.875. The van der Waals surface area contributed by atoms with Gasteiger partial charge in [-0.1, -0.05) is 27.2 Å². The number of hydrogen-bond acceptors (Lipinski definition) is 3. The molecular weight excluding hydrogens is 254 g/mol. The van der Waals surface area contributed by atoms with Crippen molar-refractivity contribution in [2.45, 2.75) is 78.2 Å². The fourth-order valence-electron chi connectivity index (χ4n) is 2.52. The highest BCUT2D eigenvalue weighted by molar-refractivity contribution is 5.78. The van der Waals surface area contributed by atoms with Crippen LogP contribution in [0.1, 0.15) is 72.1 Å². The molecular formula is C16H31NO3. The van der Waals surface area contributed by atoms with Crippen molar-refractivity contribution in [3.63, 3.8) is 0 Å². The molecule has 0 aliphatic rings. The average molecular weight is 285 g/mol. The molecule has 1 N–H and O–H groups in total. The molecule has 0 aromatic heterocycles. The van der Waals surface area contributed by atoms with Crippen molar-refractivity contribution in [3.05, 3.63) is 0 Å². The predicted octanol–water partition coefficient (Wildman–Crippen LogP) is 3.49. The van der Waals surface area contributed by atoms with Gasteiger partial charge in [0.05, 0.1) is 0 Å². The number of unbranched alkanes of at least 4 members (excludes halogenated alkanes) is 1. The highest BCUT2D eigenvalue weighted by atomic mass is 16.4. The maximum atomic E-state index is 11.4. The van der Waals surface area contributed by atoms with Crippen LogP contribution >= 0.6 is 0 Å². The van der Waals surface area contributed by atoms with Crippen LogP contribution in [0.15, 0.2) is 0 Å². The minimum absolute atomic E-state index is 0.304. The molecule has 1 atom stereocenters. The normalized spacial score (nSPS) is 12.6. The van der Waals surface area contributed by atoms with E-state index in [2.05, 4.69) is 18.7 Å². The molecule has 0 spiro atoms. The standard InChI is InChI=1S/C16H31NO3/c1-4-9-14(18)10-7-8-11-15(16(19)20)17(12-5-2)13-6-3/h15H,4-13H2,1-3H3,(H,19,20)/t15-/m1/s1. The second-order valence-electron chi connectivity index (χ2n) is 5.42. The van der Waals surface area contributed by atoms with Gasteiger partial charge >= 0.3 is 5.97 Å². The summed E-state index contributed by atoms with van der Waals surface area (Å²) >= 11 is 0. The molecule has 20 heavy (non-hydrogen) atoms. The molecule has 0 unspecified atom stereocenters. The molecule has 0 aromatic rings. The van der Waals surface area contributed by atoms with Crippen LogP contribution in [0.2, 0.25) is 0 Å². The summed E-state index contributed by atoms with van der Waals surface area (Å²) in [7, 11) is 0. The Morgan fingerprint density at radius 2 is 1.55 bits per heavy atom. The van der Waals surface area contributed by atoms with Crippen LogP contribution in [0.5, 0.6) is 0 Å². The Balaban J connectivity index is 4.19. The van der Waals surface area contributed by atoms with E-state index in [0.717, 1.165) is 45.2 Å². The predicted molar refractivity (Wildman–Crippen MR) is 82.0 cm³/mol. The van der Waals surface area contributed by atoms with Gasteiger partial charge in [-0.15, -0.1) is 0 Å². The Bertz CT molecular complexity index is 273. The second kappa shape index (κ2) is 11.9. The Labute approximate surface area is 123 Å². The molecule has 0 fully saturated rings. The van der Waals surface area contributed by atoms with Gasteiger partial charge in [0.1, 0.15) is 11.8 Å². The molecule has 0 heterocycles. The highest BCUT2D eigenvalue weighted by Crippen LogP contribution is 2.13. The number of carbonyl (C=O) groups excluding carboxylic acids is 1. The molecule has 0 rings (SSSR count). The smallest absolute Gasteiger partial charge is 0.320 e. The Morgan fingerprint density at radius 3 is 2.00 bits per heavy atom. The summed E-state index contributed by atoms with van der Waals surface area (Å²) in [5.74, 6) is -0.426. The largest absolute Gasteiger partial charge is 0.480 e. The van der Waals surface area contributed by atoms with Gasteiger partial charge in [-0.3, -0.25) is 14.5 Å². The monoisotopic (exact) mass is 285 g/mol. The number of hydrogen-bond donors (Lipinski definition) is 1. The summed E-state index contributed by atoms with van der Waals surface area (Å²) < 4.78 is 0. The molecule has 0 aliphatic heterocycles. The zero-order chi connectivity index (χ0) is 15.4. The molecule has 0 aliphatic carbocycles. The number of Topliss-reactive ketones (excluding diaryl/α,β-unsaturated/α-hetero) is 1. The molecule has 0 radical (unpaired) electrons. The maximum absolute atomic E-state index is 11.4. The summed E-state index contributed by atoms with van der Waals surface area (Å²) in [4.78, 5) is 24.9. The molecule has 4 nitrogen and oxygen atoms in total. The minimum Gasteiger partial charge on any atom is -0.480 e. The van der Waals surface area contributed by atoms with Crippen LogP contribution < -0.4 is 0 Å². The van der Waals surface area contributed by atoms with Crippen LogP contribution in [0.25, 0.3) is 0 Å². The lowest BCUT2D eigenvalue weighted by molar-refractivity contribution is -0.143. The van der Waals surface area contributed by atoms with Crippen molar-refractivity contribution in [2.75, 3.05) is 13.1 Å². The Kier molecular flexibility index (Phi) is 11.4. The van der Waals surface area contributed by atoms with Crippen LogP contribution in [0.3, 0.4) is 0 Å². The molecule has 118 valence electrons. The van der Waals surface area contributed by atoms with Gasteiger partial charge in [0.15, 0.2) is 0 Å². The third-order valence-electron chi connectivity index (χ3n) is 3.46. The average Bonchev–Trinajstić information content (AvgIpc) is 2.38. The van der Waals surface area contributed by atoms with Crippen molar-refractivity contribution in [2.24, 2.45) is 0 Å². The highest BCUT2D eigenvalue weighted by Gasteiger charge is 2.23. The first-order chi connectivity index (χ1) is 9.56. The quantitative estimate of drug-likeness (QED) is 0.526. The third-order valence-corrected chi connectivity index (χ3v) is 3.46. The van der Waals surface area contributed by atoms with Gasteiger partial charge in [0.25, 0.3) is 0 Å². The number of rotatable bonds is 13. The van der Waals surface area contributed by atoms with Crippen molar-refractivity contribution < 1.29 is 14.7 Å². The van der Waals surface area contributed by atoms with Crippen LogP contribution in [0, 0.1) is 0 Å². The minimum atomic E-state index is -0.730.